The van der Waals surface area contributed by atoms with Gasteiger partial charge in [-0.2, -0.15) is 0 Å². The van der Waals surface area contributed by atoms with Crippen molar-refractivity contribution in [3.63, 3.8) is 0 Å². The zero-order valence-electron chi connectivity index (χ0n) is 8.65. The lowest BCUT2D eigenvalue weighted by atomic mass is 9.47. The largest absolute Gasteiger partial charge is 0.396 e. The van der Waals surface area contributed by atoms with Crippen molar-refractivity contribution < 1.29 is 10.2 Å². The number of aliphatic hydroxyl groups is 2. The fourth-order valence-corrected chi connectivity index (χ4v) is 4.76. The van der Waals surface area contributed by atoms with Gasteiger partial charge in [0, 0.05) is 6.61 Å². The van der Waals surface area contributed by atoms with Crippen molar-refractivity contribution >= 4 is 0 Å². The molecule has 0 amide bonds. The average molecular weight is 196 g/mol. The molecule has 2 nitrogen and oxygen atoms in total. The molecule has 14 heavy (non-hydrogen) atoms. The summed E-state index contributed by atoms with van der Waals surface area (Å²) in [4.78, 5) is 0. The quantitative estimate of drug-likeness (QED) is 0.703. The van der Waals surface area contributed by atoms with Gasteiger partial charge in [-0.25, -0.2) is 0 Å². The van der Waals surface area contributed by atoms with E-state index in [4.69, 9.17) is 5.11 Å². The summed E-state index contributed by atoms with van der Waals surface area (Å²) in [5.41, 5.74) is 0.115. The Hall–Kier alpha value is -0.0800. The maximum Gasteiger partial charge on any atom is 0.0625 e. The van der Waals surface area contributed by atoms with Crippen molar-refractivity contribution in [2.75, 3.05) is 6.61 Å². The first-order chi connectivity index (χ1) is 6.73. The first-order valence-electron chi connectivity index (χ1n) is 6.02. The molecule has 0 aromatic carbocycles. The molecule has 0 aromatic heterocycles. The normalized spacial score (nSPS) is 55.3. The van der Waals surface area contributed by atoms with Gasteiger partial charge in [-0.3, -0.25) is 0 Å². The molecule has 0 heterocycles. The van der Waals surface area contributed by atoms with Gasteiger partial charge in [-0.15, -0.1) is 0 Å². The van der Waals surface area contributed by atoms with E-state index in [0.717, 1.165) is 18.3 Å². The molecule has 0 aliphatic heterocycles. The maximum atomic E-state index is 10.3. The summed E-state index contributed by atoms with van der Waals surface area (Å²) in [6, 6.07) is 0. The first kappa shape index (κ1) is 9.17. The van der Waals surface area contributed by atoms with Crippen LogP contribution in [-0.2, 0) is 0 Å². The smallest absolute Gasteiger partial charge is 0.0625 e. The van der Waals surface area contributed by atoms with Crippen LogP contribution in [0.5, 0.6) is 0 Å². The monoisotopic (exact) mass is 196 g/mol. The molecule has 4 aliphatic rings. The van der Waals surface area contributed by atoms with Crippen LogP contribution in [0.15, 0.2) is 0 Å². The second-order valence-corrected chi connectivity index (χ2v) is 5.89. The van der Waals surface area contributed by atoms with Crippen molar-refractivity contribution in [3.05, 3.63) is 0 Å². The minimum absolute atomic E-state index is 0.109. The highest BCUT2D eigenvalue weighted by Crippen LogP contribution is 2.61. The van der Waals surface area contributed by atoms with Gasteiger partial charge in [-0.1, -0.05) is 0 Å². The van der Waals surface area contributed by atoms with Gasteiger partial charge in [-0.05, 0) is 61.7 Å². The Labute approximate surface area is 85.3 Å². The predicted molar refractivity (Wildman–Crippen MR) is 53.7 cm³/mol. The lowest BCUT2D eigenvalue weighted by molar-refractivity contribution is -0.161. The Bertz CT molecular complexity index is 224. The number of rotatable bonds is 2. The summed E-state index contributed by atoms with van der Waals surface area (Å²) in [6.07, 6.45) is 7.00. The Morgan fingerprint density at radius 1 is 1.07 bits per heavy atom. The van der Waals surface area contributed by atoms with Gasteiger partial charge < -0.3 is 10.2 Å². The molecule has 0 radical (unpaired) electrons. The highest BCUT2D eigenvalue weighted by Gasteiger charge is 2.55. The molecule has 0 aromatic rings. The molecule has 0 unspecified atom stereocenters. The molecule has 3 atom stereocenters. The van der Waals surface area contributed by atoms with E-state index in [1.165, 1.54) is 32.1 Å². The molecule has 2 N–H and O–H groups in total. The summed E-state index contributed by atoms with van der Waals surface area (Å²) in [6.45, 7) is 0.253. The molecule has 80 valence electrons. The van der Waals surface area contributed by atoms with Gasteiger partial charge in [0.25, 0.3) is 0 Å². The zero-order chi connectivity index (χ0) is 9.76. The van der Waals surface area contributed by atoms with E-state index < -0.39 is 0 Å². The second-order valence-electron chi connectivity index (χ2n) is 5.89. The second kappa shape index (κ2) is 2.96. The summed E-state index contributed by atoms with van der Waals surface area (Å²) < 4.78 is 0. The Balaban J connectivity index is 1.89. The molecule has 4 bridgehead atoms. The van der Waals surface area contributed by atoms with E-state index in [-0.39, 0.29) is 18.1 Å². The first-order valence-corrected chi connectivity index (χ1v) is 6.02. The van der Waals surface area contributed by atoms with Gasteiger partial charge in [0.05, 0.1) is 6.10 Å². The van der Waals surface area contributed by atoms with Crippen molar-refractivity contribution in [1.82, 2.24) is 0 Å². The van der Waals surface area contributed by atoms with E-state index in [0.29, 0.717) is 5.92 Å². The van der Waals surface area contributed by atoms with Crippen LogP contribution in [0.25, 0.3) is 0 Å². The molecule has 4 rings (SSSR count). The Kier molecular flexibility index (Phi) is 1.94. The molecule has 0 saturated heterocycles. The topological polar surface area (TPSA) is 40.5 Å². The van der Waals surface area contributed by atoms with Crippen LogP contribution in [-0.4, -0.2) is 22.9 Å². The van der Waals surface area contributed by atoms with Gasteiger partial charge in [0.1, 0.15) is 0 Å². The van der Waals surface area contributed by atoms with Crippen LogP contribution in [0.2, 0.25) is 0 Å². The third kappa shape index (κ3) is 1.10. The molecule has 2 heteroatoms. The van der Waals surface area contributed by atoms with E-state index in [9.17, 15) is 5.11 Å². The minimum Gasteiger partial charge on any atom is -0.396 e. The van der Waals surface area contributed by atoms with Crippen molar-refractivity contribution in [1.29, 1.82) is 0 Å². The maximum absolute atomic E-state index is 10.3. The summed E-state index contributed by atoms with van der Waals surface area (Å²) in [5, 5.41) is 19.4. The third-order valence-corrected chi connectivity index (χ3v) is 5.01. The summed E-state index contributed by atoms with van der Waals surface area (Å²) in [5.74, 6) is 2.29. The Morgan fingerprint density at radius 3 is 2.29 bits per heavy atom. The van der Waals surface area contributed by atoms with Crippen molar-refractivity contribution in [3.8, 4) is 0 Å². The van der Waals surface area contributed by atoms with Gasteiger partial charge >= 0.3 is 0 Å². The zero-order valence-corrected chi connectivity index (χ0v) is 8.65. The number of hydrogen-bond acceptors (Lipinski definition) is 2. The number of aliphatic hydroxyl groups excluding tert-OH is 2. The van der Waals surface area contributed by atoms with Crippen LogP contribution >= 0.6 is 0 Å². The van der Waals surface area contributed by atoms with Crippen LogP contribution in [0.1, 0.15) is 38.5 Å². The summed E-state index contributed by atoms with van der Waals surface area (Å²) in [7, 11) is 0. The third-order valence-electron chi connectivity index (χ3n) is 5.01. The molecule has 4 fully saturated rings. The SMILES string of the molecule is OCCC12C[C@@H]3CC(C[C@H](C3)C1)[C@@H]2O. The molecule has 0 spiro atoms. The number of hydrogen-bond donors (Lipinski definition) is 2. The molecule has 4 aliphatic carbocycles. The lowest BCUT2D eigenvalue weighted by Crippen LogP contribution is -2.56. The van der Waals surface area contributed by atoms with Crippen LogP contribution in [0.4, 0.5) is 0 Å². The fourth-order valence-electron chi connectivity index (χ4n) is 4.76. The van der Waals surface area contributed by atoms with Crippen LogP contribution < -0.4 is 0 Å². The average Bonchev–Trinajstić information content (AvgIpc) is 2.13. The Morgan fingerprint density at radius 2 is 1.71 bits per heavy atom. The van der Waals surface area contributed by atoms with Crippen LogP contribution in [0.3, 0.4) is 0 Å². The van der Waals surface area contributed by atoms with Crippen LogP contribution in [0, 0.1) is 23.2 Å². The highest BCUT2D eigenvalue weighted by molar-refractivity contribution is 5.06. The molecule has 4 saturated carbocycles. The predicted octanol–water partition coefficient (Wildman–Crippen LogP) is 1.56. The molecular formula is C12H20O2. The van der Waals surface area contributed by atoms with Gasteiger partial charge in [0.15, 0.2) is 0 Å². The van der Waals surface area contributed by atoms with E-state index in [1.54, 1.807) is 0 Å². The van der Waals surface area contributed by atoms with E-state index in [2.05, 4.69) is 0 Å². The van der Waals surface area contributed by atoms with E-state index >= 15 is 0 Å². The molecular weight excluding hydrogens is 176 g/mol. The minimum atomic E-state index is -0.109. The highest BCUT2D eigenvalue weighted by atomic mass is 16.3. The van der Waals surface area contributed by atoms with E-state index in [1.807, 2.05) is 0 Å². The lowest BCUT2D eigenvalue weighted by Gasteiger charge is -2.59. The van der Waals surface area contributed by atoms with Crippen molar-refractivity contribution in [2.24, 2.45) is 23.2 Å². The standard InChI is InChI=1S/C12H20O2/c13-2-1-12-6-8-3-9(7-12)5-10(4-8)11(12)14/h8-11,13-14H,1-7H2/t8-,9-,10?,11-,12?/m0/s1. The fraction of sp³-hybridized carbons (Fsp3) is 1.00. The summed E-state index contributed by atoms with van der Waals surface area (Å²) >= 11 is 0. The van der Waals surface area contributed by atoms with Gasteiger partial charge in [0.2, 0.25) is 0 Å². The van der Waals surface area contributed by atoms with Crippen molar-refractivity contribution in [2.45, 2.75) is 44.6 Å².